The Morgan fingerprint density at radius 2 is 1.82 bits per heavy atom. The van der Waals surface area contributed by atoms with Gasteiger partial charge in [-0.15, -0.1) is 0 Å². The van der Waals surface area contributed by atoms with Gasteiger partial charge in [0.25, 0.3) is 0 Å². The maximum Gasteiger partial charge on any atom is 0.119 e. The standard InChI is InChI=1S/C9H9BO/c10-8-4-6-2-1-3-7(6)5-9(8)11/h4-5,11H,1-3H2. The lowest BCUT2D eigenvalue weighted by Crippen LogP contribution is -2.04. The first-order chi connectivity index (χ1) is 5.27. The molecule has 0 aliphatic heterocycles. The highest BCUT2D eigenvalue weighted by atomic mass is 16.3. The summed E-state index contributed by atoms with van der Waals surface area (Å²) in [4.78, 5) is 0. The van der Waals surface area contributed by atoms with Gasteiger partial charge in [-0.1, -0.05) is 11.5 Å². The van der Waals surface area contributed by atoms with Gasteiger partial charge in [-0.25, -0.2) is 0 Å². The van der Waals surface area contributed by atoms with Crippen molar-refractivity contribution in [2.75, 3.05) is 0 Å². The van der Waals surface area contributed by atoms with Crippen molar-refractivity contribution in [3.63, 3.8) is 0 Å². The number of phenols is 1. The maximum absolute atomic E-state index is 9.26. The smallest absolute Gasteiger partial charge is 0.119 e. The molecule has 1 aliphatic rings. The summed E-state index contributed by atoms with van der Waals surface area (Å²) in [5.41, 5.74) is 3.07. The van der Waals surface area contributed by atoms with Crippen LogP contribution in [0.3, 0.4) is 0 Å². The van der Waals surface area contributed by atoms with Gasteiger partial charge in [0.2, 0.25) is 0 Å². The first-order valence-electron chi connectivity index (χ1n) is 3.87. The van der Waals surface area contributed by atoms with E-state index < -0.39 is 0 Å². The third-order valence-corrected chi connectivity index (χ3v) is 2.24. The fourth-order valence-electron chi connectivity index (χ4n) is 1.63. The van der Waals surface area contributed by atoms with Crippen LogP contribution < -0.4 is 5.46 Å². The van der Waals surface area contributed by atoms with E-state index in [1.165, 1.54) is 17.5 Å². The van der Waals surface area contributed by atoms with E-state index in [1.54, 1.807) is 6.07 Å². The number of benzene rings is 1. The van der Waals surface area contributed by atoms with Crippen molar-refractivity contribution in [3.8, 4) is 5.75 Å². The summed E-state index contributed by atoms with van der Waals surface area (Å²) >= 11 is 0. The Bertz CT molecular complexity index is 265. The number of aryl methyl sites for hydroxylation is 2. The van der Waals surface area contributed by atoms with E-state index in [1.807, 2.05) is 6.07 Å². The van der Waals surface area contributed by atoms with Gasteiger partial charge in [-0.05, 0) is 36.5 Å². The molecule has 0 bridgehead atoms. The molecule has 1 aromatic carbocycles. The van der Waals surface area contributed by atoms with Gasteiger partial charge >= 0.3 is 0 Å². The van der Waals surface area contributed by atoms with Crippen molar-refractivity contribution in [1.29, 1.82) is 0 Å². The summed E-state index contributed by atoms with van der Waals surface area (Å²) < 4.78 is 0. The van der Waals surface area contributed by atoms with E-state index in [0.717, 1.165) is 12.8 Å². The van der Waals surface area contributed by atoms with Gasteiger partial charge in [0.05, 0.1) is 0 Å². The fourth-order valence-corrected chi connectivity index (χ4v) is 1.63. The Hall–Kier alpha value is -0.915. The molecule has 0 fully saturated rings. The second-order valence-electron chi connectivity index (χ2n) is 3.03. The molecule has 0 spiro atoms. The van der Waals surface area contributed by atoms with Crippen molar-refractivity contribution >= 4 is 13.3 Å². The van der Waals surface area contributed by atoms with Crippen molar-refractivity contribution in [3.05, 3.63) is 23.3 Å². The van der Waals surface area contributed by atoms with E-state index in [0.29, 0.717) is 5.46 Å². The summed E-state index contributed by atoms with van der Waals surface area (Å²) in [7, 11) is 5.54. The zero-order valence-electron chi connectivity index (χ0n) is 6.30. The molecule has 1 nitrogen and oxygen atoms in total. The molecule has 1 N–H and O–H groups in total. The number of rotatable bonds is 0. The Labute approximate surface area is 67.5 Å². The van der Waals surface area contributed by atoms with Crippen LogP contribution in [-0.2, 0) is 12.8 Å². The Morgan fingerprint density at radius 1 is 1.18 bits per heavy atom. The summed E-state index contributed by atoms with van der Waals surface area (Å²) in [6.07, 6.45) is 3.39. The number of fused-ring (bicyclic) bond motifs is 1. The molecule has 2 rings (SSSR count). The summed E-state index contributed by atoms with van der Waals surface area (Å²) in [5.74, 6) is 0.227. The fraction of sp³-hybridized carbons (Fsp3) is 0.333. The lowest BCUT2D eigenvalue weighted by Gasteiger charge is -2.03. The highest BCUT2D eigenvalue weighted by Gasteiger charge is 2.11. The third-order valence-electron chi connectivity index (χ3n) is 2.24. The molecular formula is C9H9BO. The van der Waals surface area contributed by atoms with E-state index in [9.17, 15) is 5.11 Å². The van der Waals surface area contributed by atoms with Crippen LogP contribution in [0.15, 0.2) is 12.1 Å². The minimum absolute atomic E-state index is 0.227. The average molecular weight is 144 g/mol. The maximum atomic E-state index is 9.26. The predicted octanol–water partition coefficient (Wildman–Crippen LogP) is 0.675. The van der Waals surface area contributed by atoms with Crippen molar-refractivity contribution < 1.29 is 5.11 Å². The predicted molar refractivity (Wildman–Crippen MR) is 45.5 cm³/mol. The van der Waals surface area contributed by atoms with Crippen LogP contribution in [0.5, 0.6) is 5.75 Å². The number of hydrogen-bond acceptors (Lipinski definition) is 1. The van der Waals surface area contributed by atoms with Crippen LogP contribution >= 0.6 is 0 Å². The monoisotopic (exact) mass is 144 g/mol. The minimum Gasteiger partial charge on any atom is -0.509 e. The van der Waals surface area contributed by atoms with Gasteiger partial charge in [0, 0.05) is 0 Å². The van der Waals surface area contributed by atoms with Crippen LogP contribution in [0, 0.1) is 0 Å². The van der Waals surface area contributed by atoms with E-state index >= 15 is 0 Å². The van der Waals surface area contributed by atoms with Gasteiger partial charge in [-0.3, -0.25) is 0 Å². The first-order valence-corrected chi connectivity index (χ1v) is 3.87. The second-order valence-corrected chi connectivity index (χ2v) is 3.03. The number of aromatic hydroxyl groups is 1. The summed E-state index contributed by atoms with van der Waals surface area (Å²) in [5, 5.41) is 9.26. The third kappa shape index (κ3) is 1.03. The highest BCUT2D eigenvalue weighted by Crippen LogP contribution is 2.23. The van der Waals surface area contributed by atoms with Crippen molar-refractivity contribution in [2.24, 2.45) is 0 Å². The first kappa shape index (κ1) is 6.77. The summed E-state index contributed by atoms with van der Waals surface area (Å²) in [6.45, 7) is 0. The van der Waals surface area contributed by atoms with E-state index in [2.05, 4.69) is 0 Å². The van der Waals surface area contributed by atoms with E-state index in [-0.39, 0.29) is 5.75 Å². The molecule has 0 heterocycles. The largest absolute Gasteiger partial charge is 0.509 e. The molecule has 0 unspecified atom stereocenters. The van der Waals surface area contributed by atoms with Gasteiger partial charge < -0.3 is 5.11 Å². The van der Waals surface area contributed by atoms with Gasteiger partial charge in [-0.2, -0.15) is 0 Å². The Morgan fingerprint density at radius 3 is 2.55 bits per heavy atom. The SMILES string of the molecule is [B]c1cc2c(cc1O)CCC2. The molecular weight excluding hydrogens is 135 g/mol. The molecule has 2 heteroatoms. The zero-order chi connectivity index (χ0) is 7.84. The average Bonchev–Trinajstić information content (AvgIpc) is 2.36. The van der Waals surface area contributed by atoms with Crippen LogP contribution in [0.2, 0.25) is 0 Å². The Balaban J connectivity index is 2.57. The normalized spacial score (nSPS) is 14.9. The molecule has 0 atom stereocenters. The van der Waals surface area contributed by atoms with Gasteiger partial charge in [0.15, 0.2) is 0 Å². The topological polar surface area (TPSA) is 20.2 Å². The molecule has 2 radical (unpaired) electrons. The number of hydrogen-bond donors (Lipinski definition) is 1. The molecule has 1 aromatic rings. The minimum atomic E-state index is 0.227. The quantitative estimate of drug-likeness (QED) is 0.530. The van der Waals surface area contributed by atoms with E-state index in [4.69, 9.17) is 7.85 Å². The van der Waals surface area contributed by atoms with Crippen molar-refractivity contribution in [2.45, 2.75) is 19.3 Å². The molecule has 54 valence electrons. The molecule has 0 amide bonds. The molecule has 0 aromatic heterocycles. The van der Waals surface area contributed by atoms with Gasteiger partial charge in [0.1, 0.15) is 13.6 Å². The lowest BCUT2D eigenvalue weighted by atomic mass is 9.91. The zero-order valence-corrected chi connectivity index (χ0v) is 6.30. The van der Waals surface area contributed by atoms with Crippen LogP contribution in [-0.4, -0.2) is 13.0 Å². The lowest BCUT2D eigenvalue weighted by molar-refractivity contribution is 0.479. The second kappa shape index (κ2) is 2.30. The van der Waals surface area contributed by atoms with Crippen LogP contribution in [0.25, 0.3) is 0 Å². The molecule has 0 saturated heterocycles. The summed E-state index contributed by atoms with van der Waals surface area (Å²) in [6, 6.07) is 3.68. The van der Waals surface area contributed by atoms with Crippen molar-refractivity contribution in [1.82, 2.24) is 0 Å². The molecule has 0 saturated carbocycles. The molecule has 11 heavy (non-hydrogen) atoms. The van der Waals surface area contributed by atoms with Crippen LogP contribution in [0.1, 0.15) is 17.5 Å². The molecule has 1 aliphatic carbocycles. The number of phenolic OH excluding ortho intramolecular Hbond substituents is 1. The Kier molecular flexibility index (Phi) is 1.41. The highest BCUT2D eigenvalue weighted by molar-refractivity contribution is 6.34. The van der Waals surface area contributed by atoms with Crippen LogP contribution in [0.4, 0.5) is 0 Å².